The highest BCUT2D eigenvalue weighted by Crippen LogP contribution is 2.28. The van der Waals surface area contributed by atoms with Crippen molar-refractivity contribution in [2.75, 3.05) is 19.0 Å². The van der Waals surface area contributed by atoms with Gasteiger partial charge in [0.05, 0.1) is 25.1 Å². The van der Waals surface area contributed by atoms with E-state index >= 15 is 0 Å². The van der Waals surface area contributed by atoms with Crippen LogP contribution < -0.4 is 14.8 Å². The van der Waals surface area contributed by atoms with Gasteiger partial charge in [-0.2, -0.15) is 0 Å². The van der Waals surface area contributed by atoms with E-state index < -0.39 is 11.7 Å². The number of halogens is 1. The average Bonchev–Trinajstić information content (AvgIpc) is 3.29. The number of nitrogens with one attached hydrogen (secondary N) is 1. The number of amides is 1. The second-order valence-corrected chi connectivity index (χ2v) is 6.35. The van der Waals surface area contributed by atoms with Crippen LogP contribution in [0.1, 0.15) is 25.3 Å². The number of hydrogen-bond acceptors (Lipinski definition) is 6. The lowest BCUT2D eigenvalue weighted by atomic mass is 10.2. The van der Waals surface area contributed by atoms with Gasteiger partial charge >= 0.3 is 0 Å². The molecule has 0 bridgehead atoms. The van der Waals surface area contributed by atoms with Crippen LogP contribution in [0.2, 0.25) is 0 Å². The van der Waals surface area contributed by atoms with Crippen molar-refractivity contribution in [3.8, 4) is 17.2 Å². The minimum absolute atomic E-state index is 0.0231. The van der Waals surface area contributed by atoms with Crippen LogP contribution in [0.5, 0.6) is 11.5 Å². The van der Waals surface area contributed by atoms with Crippen LogP contribution in [-0.4, -0.2) is 39.8 Å². The highest BCUT2D eigenvalue weighted by Gasteiger charge is 2.09. The number of aromatic nitrogens is 4. The monoisotopic (exact) mass is 411 g/mol. The van der Waals surface area contributed by atoms with E-state index in [1.54, 1.807) is 25.3 Å². The Kier molecular flexibility index (Phi) is 7.09. The topological polar surface area (TPSA) is 91.2 Å². The van der Waals surface area contributed by atoms with Gasteiger partial charge in [0.2, 0.25) is 5.91 Å². The second kappa shape index (κ2) is 10.1. The molecule has 156 valence electrons. The minimum Gasteiger partial charge on any atom is -0.493 e. The van der Waals surface area contributed by atoms with Crippen molar-refractivity contribution in [1.82, 2.24) is 20.2 Å². The number of nitrogens with zero attached hydrogens (tertiary/aromatic N) is 4. The molecule has 1 N–H and O–H groups in total. The maximum absolute atomic E-state index is 14.1. The maximum atomic E-state index is 14.1. The van der Waals surface area contributed by atoms with Crippen molar-refractivity contribution in [2.24, 2.45) is 0 Å². The van der Waals surface area contributed by atoms with Gasteiger partial charge in [-0.1, -0.05) is 19.4 Å². The number of rotatable bonds is 9. The van der Waals surface area contributed by atoms with Gasteiger partial charge < -0.3 is 14.8 Å². The van der Waals surface area contributed by atoms with Crippen molar-refractivity contribution in [2.45, 2.75) is 19.8 Å². The maximum Gasteiger partial charge on any atom is 0.248 e. The summed E-state index contributed by atoms with van der Waals surface area (Å²) >= 11 is 0. The van der Waals surface area contributed by atoms with Crippen molar-refractivity contribution in [1.29, 1.82) is 0 Å². The molecule has 30 heavy (non-hydrogen) atoms. The fraction of sp³-hybridized carbons (Fsp3) is 0.238. The molecule has 8 nitrogen and oxygen atoms in total. The Morgan fingerprint density at radius 2 is 2.10 bits per heavy atom. The lowest BCUT2D eigenvalue weighted by molar-refractivity contribution is -0.111. The van der Waals surface area contributed by atoms with E-state index in [0.717, 1.165) is 18.4 Å². The first-order valence-corrected chi connectivity index (χ1v) is 9.43. The SMILES string of the molecule is CCCCOc1ccc(C=CC(=O)Nc2cc(-n3cnnn3)ccc2F)cc1OC. The molecule has 0 atom stereocenters. The van der Waals surface area contributed by atoms with E-state index in [9.17, 15) is 9.18 Å². The van der Waals surface area contributed by atoms with Crippen molar-refractivity contribution in [3.05, 3.63) is 60.2 Å². The van der Waals surface area contributed by atoms with Gasteiger partial charge in [0.15, 0.2) is 11.5 Å². The van der Waals surface area contributed by atoms with Crippen molar-refractivity contribution >= 4 is 17.7 Å². The second-order valence-electron chi connectivity index (χ2n) is 6.35. The number of hydrogen-bond donors (Lipinski definition) is 1. The zero-order valence-corrected chi connectivity index (χ0v) is 16.7. The zero-order chi connectivity index (χ0) is 21.3. The van der Waals surface area contributed by atoms with E-state index in [4.69, 9.17) is 9.47 Å². The molecule has 9 heteroatoms. The van der Waals surface area contributed by atoms with Crippen molar-refractivity contribution < 1.29 is 18.7 Å². The number of carbonyl (C=O) groups excluding carboxylic acids is 1. The molecule has 1 heterocycles. The Hall–Kier alpha value is -3.75. The first kappa shape index (κ1) is 21.0. The van der Waals surface area contributed by atoms with E-state index in [2.05, 4.69) is 27.8 Å². The Morgan fingerprint density at radius 1 is 1.23 bits per heavy atom. The zero-order valence-electron chi connectivity index (χ0n) is 16.7. The highest BCUT2D eigenvalue weighted by atomic mass is 19.1. The van der Waals surface area contributed by atoms with Gasteiger partial charge in [-0.3, -0.25) is 4.79 Å². The fourth-order valence-electron chi connectivity index (χ4n) is 2.61. The van der Waals surface area contributed by atoms with Crippen LogP contribution in [0.15, 0.2) is 48.8 Å². The molecule has 0 saturated heterocycles. The summed E-state index contributed by atoms with van der Waals surface area (Å²) in [5.41, 5.74) is 1.28. The van der Waals surface area contributed by atoms with Crippen LogP contribution in [0, 0.1) is 5.82 Å². The summed E-state index contributed by atoms with van der Waals surface area (Å²) in [5.74, 6) is 0.178. The summed E-state index contributed by atoms with van der Waals surface area (Å²) in [6.07, 6.45) is 6.29. The predicted octanol–water partition coefficient (Wildman–Crippen LogP) is 3.64. The third kappa shape index (κ3) is 5.40. The van der Waals surface area contributed by atoms with Gasteiger partial charge in [0.25, 0.3) is 0 Å². The summed E-state index contributed by atoms with van der Waals surface area (Å²) in [6, 6.07) is 9.56. The molecule has 2 aromatic carbocycles. The summed E-state index contributed by atoms with van der Waals surface area (Å²) < 4.78 is 26.5. The number of anilines is 1. The number of unbranched alkanes of at least 4 members (excludes halogenated alkanes) is 1. The number of carbonyl (C=O) groups is 1. The Morgan fingerprint density at radius 3 is 2.83 bits per heavy atom. The van der Waals surface area contributed by atoms with Crippen LogP contribution in [0.4, 0.5) is 10.1 Å². The fourth-order valence-corrected chi connectivity index (χ4v) is 2.61. The van der Waals surface area contributed by atoms with Crippen LogP contribution in [0.25, 0.3) is 11.8 Å². The largest absolute Gasteiger partial charge is 0.493 e. The summed E-state index contributed by atoms with van der Waals surface area (Å²) in [7, 11) is 1.56. The number of ether oxygens (including phenoxy) is 2. The van der Waals surface area contributed by atoms with Gasteiger partial charge in [0, 0.05) is 6.08 Å². The van der Waals surface area contributed by atoms with E-state index in [0.29, 0.717) is 23.8 Å². The van der Waals surface area contributed by atoms with Gasteiger partial charge in [-0.15, -0.1) is 5.10 Å². The van der Waals surface area contributed by atoms with Crippen molar-refractivity contribution in [3.63, 3.8) is 0 Å². The normalized spacial score (nSPS) is 10.9. The third-order valence-electron chi connectivity index (χ3n) is 4.19. The van der Waals surface area contributed by atoms with E-state index in [1.165, 1.54) is 35.3 Å². The Bertz CT molecular complexity index is 1020. The molecule has 0 unspecified atom stereocenters. The van der Waals surface area contributed by atoms with Gasteiger partial charge in [-0.25, -0.2) is 9.07 Å². The molecule has 0 radical (unpaired) electrons. The van der Waals surface area contributed by atoms with E-state index in [1.807, 2.05) is 6.07 Å². The summed E-state index contributed by atoms with van der Waals surface area (Å²) in [6.45, 7) is 2.70. The quantitative estimate of drug-likeness (QED) is 0.427. The highest BCUT2D eigenvalue weighted by molar-refractivity contribution is 6.02. The van der Waals surface area contributed by atoms with Crippen LogP contribution in [-0.2, 0) is 4.79 Å². The average molecular weight is 411 g/mol. The molecule has 0 saturated carbocycles. The Labute approximate surface area is 173 Å². The molecule has 1 aromatic heterocycles. The molecule has 0 aliphatic carbocycles. The first-order chi connectivity index (χ1) is 14.6. The molecule has 3 aromatic rings. The van der Waals surface area contributed by atoms with Crippen LogP contribution >= 0.6 is 0 Å². The molecule has 3 rings (SSSR count). The molecular formula is C21H22FN5O3. The molecule has 0 spiro atoms. The third-order valence-corrected chi connectivity index (χ3v) is 4.19. The predicted molar refractivity (Wildman–Crippen MR) is 110 cm³/mol. The lowest BCUT2D eigenvalue weighted by Crippen LogP contribution is -2.10. The molecular weight excluding hydrogens is 389 g/mol. The lowest BCUT2D eigenvalue weighted by Gasteiger charge is -2.11. The summed E-state index contributed by atoms with van der Waals surface area (Å²) in [5, 5.41) is 13.3. The molecule has 0 fully saturated rings. The smallest absolute Gasteiger partial charge is 0.248 e. The van der Waals surface area contributed by atoms with Gasteiger partial charge in [-0.05, 0) is 58.8 Å². The van der Waals surface area contributed by atoms with Crippen LogP contribution in [0.3, 0.4) is 0 Å². The number of benzene rings is 2. The molecule has 1 amide bonds. The molecule has 0 aliphatic heterocycles. The number of methoxy groups -OCH3 is 1. The molecule has 0 aliphatic rings. The summed E-state index contributed by atoms with van der Waals surface area (Å²) in [4.78, 5) is 12.3. The Balaban J connectivity index is 1.68. The minimum atomic E-state index is -0.566. The standard InChI is InChI=1S/C21H22FN5O3/c1-3-4-11-30-19-9-5-15(12-20(19)29-2)6-10-21(28)24-18-13-16(7-8-17(18)22)27-14-23-25-26-27/h5-10,12-14H,3-4,11H2,1-2H3,(H,24,28). The van der Waals surface area contributed by atoms with E-state index in [-0.39, 0.29) is 5.69 Å². The van der Waals surface area contributed by atoms with Gasteiger partial charge in [0.1, 0.15) is 12.1 Å². The first-order valence-electron chi connectivity index (χ1n) is 9.43. The number of tetrazole rings is 1.